The van der Waals surface area contributed by atoms with Gasteiger partial charge in [0, 0.05) is 12.7 Å². The molecule has 0 spiro atoms. The van der Waals surface area contributed by atoms with E-state index >= 15 is 0 Å². The molecule has 1 aliphatic rings. The first kappa shape index (κ1) is 10.8. The lowest BCUT2D eigenvalue weighted by Gasteiger charge is -2.26. The van der Waals surface area contributed by atoms with Gasteiger partial charge in [0.15, 0.2) is 4.90 Å². The van der Waals surface area contributed by atoms with Gasteiger partial charge in [0.1, 0.15) is 5.75 Å². The highest BCUT2D eigenvalue weighted by Gasteiger charge is 2.25. The summed E-state index contributed by atoms with van der Waals surface area (Å²) in [5.74, 6) is 1.20. The van der Waals surface area contributed by atoms with Gasteiger partial charge in [0.2, 0.25) is 0 Å². The molecule has 0 radical (unpaired) electrons. The molecule has 1 fully saturated rings. The van der Waals surface area contributed by atoms with Crippen molar-refractivity contribution in [3.8, 4) is 0 Å². The van der Waals surface area contributed by atoms with Crippen LogP contribution in [0.5, 0.6) is 0 Å². The number of benzene rings is 1. The molecule has 1 aromatic rings. The second kappa shape index (κ2) is 4.88. The van der Waals surface area contributed by atoms with Crippen LogP contribution in [0.2, 0.25) is 0 Å². The summed E-state index contributed by atoms with van der Waals surface area (Å²) in [4.78, 5) is 0.904. The lowest BCUT2D eigenvalue weighted by molar-refractivity contribution is -0.0204. The first-order chi connectivity index (χ1) is 7.29. The molecular formula is C11H15NO2S. The fourth-order valence-corrected chi connectivity index (χ4v) is 2.72. The molecule has 4 heteroatoms. The number of anilines is 1. The molecule has 1 N–H and O–H groups in total. The van der Waals surface area contributed by atoms with Crippen molar-refractivity contribution in [3.05, 3.63) is 24.3 Å². The number of ether oxygens (including phenoxy) is 1. The highest BCUT2D eigenvalue weighted by Crippen LogP contribution is 2.20. The predicted molar refractivity (Wildman–Crippen MR) is 61.6 cm³/mol. The Kier molecular flexibility index (Phi) is 3.51. The van der Waals surface area contributed by atoms with Crippen molar-refractivity contribution in [3.63, 3.8) is 0 Å². The van der Waals surface area contributed by atoms with Crippen LogP contribution < -0.4 is 5.32 Å². The summed E-state index contributed by atoms with van der Waals surface area (Å²) in [6.07, 6.45) is 0. The summed E-state index contributed by atoms with van der Waals surface area (Å²) in [5, 5.41) is 3.04. The van der Waals surface area contributed by atoms with Crippen LogP contribution in [0, 0.1) is 5.92 Å². The van der Waals surface area contributed by atoms with Crippen molar-refractivity contribution in [2.75, 3.05) is 31.3 Å². The van der Waals surface area contributed by atoms with E-state index in [1.165, 1.54) is 0 Å². The Morgan fingerprint density at radius 2 is 2.07 bits per heavy atom. The van der Waals surface area contributed by atoms with Crippen molar-refractivity contribution in [2.24, 2.45) is 5.92 Å². The third-order valence-corrected chi connectivity index (χ3v) is 4.07. The van der Waals surface area contributed by atoms with E-state index in [1.54, 1.807) is 0 Å². The predicted octanol–water partition coefficient (Wildman–Crippen LogP) is 1.48. The SMILES string of the molecule is CNc1ccc([S+]([O-])CC2COC2)cc1. The van der Waals surface area contributed by atoms with E-state index < -0.39 is 11.2 Å². The van der Waals surface area contributed by atoms with E-state index in [1.807, 2.05) is 31.3 Å². The molecule has 0 amide bonds. The largest absolute Gasteiger partial charge is 0.611 e. The smallest absolute Gasteiger partial charge is 0.152 e. The zero-order chi connectivity index (χ0) is 10.7. The third kappa shape index (κ3) is 2.65. The van der Waals surface area contributed by atoms with Gasteiger partial charge in [-0.2, -0.15) is 0 Å². The van der Waals surface area contributed by atoms with Crippen LogP contribution in [0.4, 0.5) is 5.69 Å². The average molecular weight is 225 g/mol. The summed E-state index contributed by atoms with van der Waals surface area (Å²) in [7, 11) is 1.87. The molecule has 0 saturated carbocycles. The van der Waals surface area contributed by atoms with E-state index in [-0.39, 0.29) is 0 Å². The molecule has 2 rings (SSSR count). The van der Waals surface area contributed by atoms with E-state index in [0.29, 0.717) is 5.92 Å². The molecular weight excluding hydrogens is 210 g/mol. The zero-order valence-electron chi connectivity index (χ0n) is 8.73. The minimum Gasteiger partial charge on any atom is -0.611 e. The Labute approximate surface area is 93.0 Å². The van der Waals surface area contributed by atoms with Crippen molar-refractivity contribution in [1.82, 2.24) is 0 Å². The molecule has 0 aromatic heterocycles. The molecule has 1 aromatic carbocycles. The van der Waals surface area contributed by atoms with Gasteiger partial charge in [-0.05, 0) is 35.4 Å². The summed E-state index contributed by atoms with van der Waals surface area (Å²) >= 11 is -0.880. The Hall–Kier alpha value is -0.710. The maximum absolute atomic E-state index is 11.9. The molecule has 1 heterocycles. The van der Waals surface area contributed by atoms with Gasteiger partial charge in [0.05, 0.1) is 19.1 Å². The molecule has 3 nitrogen and oxygen atoms in total. The highest BCUT2D eigenvalue weighted by molar-refractivity contribution is 7.91. The molecule has 0 aliphatic carbocycles. The first-order valence-electron chi connectivity index (χ1n) is 5.03. The summed E-state index contributed by atoms with van der Waals surface area (Å²) < 4.78 is 16.9. The van der Waals surface area contributed by atoms with Crippen molar-refractivity contribution in [1.29, 1.82) is 0 Å². The van der Waals surface area contributed by atoms with Crippen LogP contribution in [-0.4, -0.2) is 30.6 Å². The summed E-state index contributed by atoms with van der Waals surface area (Å²) in [6.45, 7) is 1.53. The van der Waals surface area contributed by atoms with Gasteiger partial charge in [-0.1, -0.05) is 0 Å². The Morgan fingerprint density at radius 3 is 2.53 bits per heavy atom. The third-order valence-electron chi connectivity index (χ3n) is 2.50. The maximum Gasteiger partial charge on any atom is 0.152 e. The van der Waals surface area contributed by atoms with Crippen molar-refractivity contribution in [2.45, 2.75) is 4.90 Å². The van der Waals surface area contributed by atoms with Gasteiger partial charge in [-0.3, -0.25) is 0 Å². The standard InChI is InChI=1S/C11H15NO2S/c1-12-10-2-4-11(5-3-10)15(13)8-9-6-14-7-9/h2-5,9,12H,6-8H2,1H3. The van der Waals surface area contributed by atoms with Gasteiger partial charge in [-0.15, -0.1) is 0 Å². The average Bonchev–Trinajstić information content (AvgIpc) is 2.23. The van der Waals surface area contributed by atoms with Gasteiger partial charge < -0.3 is 14.6 Å². The van der Waals surface area contributed by atoms with Crippen LogP contribution in [0.15, 0.2) is 29.2 Å². The maximum atomic E-state index is 11.9. The van der Waals surface area contributed by atoms with Crippen molar-refractivity contribution < 1.29 is 9.29 Å². The molecule has 82 valence electrons. The lowest BCUT2D eigenvalue weighted by atomic mass is 10.1. The van der Waals surface area contributed by atoms with E-state index in [4.69, 9.17) is 4.74 Å². The van der Waals surface area contributed by atoms with E-state index in [0.717, 1.165) is 29.5 Å². The highest BCUT2D eigenvalue weighted by atomic mass is 32.2. The monoisotopic (exact) mass is 225 g/mol. The molecule has 15 heavy (non-hydrogen) atoms. The van der Waals surface area contributed by atoms with E-state index in [9.17, 15) is 4.55 Å². The molecule has 1 atom stereocenters. The number of rotatable bonds is 4. The quantitative estimate of drug-likeness (QED) is 0.789. The van der Waals surface area contributed by atoms with Gasteiger partial charge in [0.25, 0.3) is 0 Å². The second-order valence-corrected chi connectivity index (χ2v) is 5.19. The molecule has 1 unspecified atom stereocenters. The van der Waals surface area contributed by atoms with Crippen LogP contribution in [0.3, 0.4) is 0 Å². The Morgan fingerprint density at radius 1 is 1.40 bits per heavy atom. The normalized spacial score (nSPS) is 18.3. The second-order valence-electron chi connectivity index (χ2n) is 3.69. The topological polar surface area (TPSA) is 44.3 Å². The number of hydrogen-bond donors (Lipinski definition) is 1. The lowest BCUT2D eigenvalue weighted by Crippen LogP contribution is -2.33. The summed E-state index contributed by atoms with van der Waals surface area (Å²) in [5.41, 5.74) is 1.04. The number of nitrogens with one attached hydrogen (secondary N) is 1. The van der Waals surface area contributed by atoms with Crippen molar-refractivity contribution >= 4 is 16.9 Å². The van der Waals surface area contributed by atoms with Crippen LogP contribution in [0.25, 0.3) is 0 Å². The summed E-state index contributed by atoms with van der Waals surface area (Å²) in [6, 6.07) is 7.73. The fraction of sp³-hybridized carbons (Fsp3) is 0.455. The zero-order valence-corrected chi connectivity index (χ0v) is 9.55. The van der Waals surface area contributed by atoms with Crippen LogP contribution in [-0.2, 0) is 15.9 Å². The number of hydrogen-bond acceptors (Lipinski definition) is 3. The van der Waals surface area contributed by atoms with Crippen LogP contribution >= 0.6 is 0 Å². The Balaban J connectivity index is 1.94. The molecule has 0 bridgehead atoms. The van der Waals surface area contributed by atoms with E-state index in [2.05, 4.69) is 5.32 Å². The van der Waals surface area contributed by atoms with Gasteiger partial charge >= 0.3 is 0 Å². The Bertz CT molecular complexity index is 311. The molecule has 1 aliphatic heterocycles. The minimum absolute atomic E-state index is 0.481. The minimum atomic E-state index is -0.880. The van der Waals surface area contributed by atoms with Crippen LogP contribution in [0.1, 0.15) is 0 Å². The first-order valence-corrected chi connectivity index (χ1v) is 6.35. The van der Waals surface area contributed by atoms with Gasteiger partial charge in [-0.25, -0.2) is 0 Å². The fourth-order valence-electron chi connectivity index (χ4n) is 1.46. The molecule has 1 saturated heterocycles.